The average molecular weight is 341 g/mol. The van der Waals surface area contributed by atoms with Crippen molar-refractivity contribution in [2.24, 2.45) is 5.92 Å². The largest absolute Gasteiger partial charge is 0.326 e. The number of hydrazine groups is 1. The Morgan fingerprint density at radius 2 is 2.00 bits per heavy atom. The van der Waals surface area contributed by atoms with Gasteiger partial charge in [-0.2, -0.15) is 5.10 Å². The van der Waals surface area contributed by atoms with Crippen LogP contribution in [0.1, 0.15) is 34.6 Å². The lowest BCUT2D eigenvalue weighted by Crippen LogP contribution is -2.42. The van der Waals surface area contributed by atoms with Crippen LogP contribution in [0.2, 0.25) is 0 Å². The lowest BCUT2D eigenvalue weighted by atomic mass is 10.2. The zero-order valence-corrected chi connectivity index (χ0v) is 13.8. The zero-order valence-electron chi connectivity index (χ0n) is 13.8. The van der Waals surface area contributed by atoms with Crippen molar-refractivity contribution in [2.75, 3.05) is 5.32 Å². The second-order valence-electron chi connectivity index (χ2n) is 6.07. The van der Waals surface area contributed by atoms with E-state index in [9.17, 15) is 14.4 Å². The number of amides is 3. The predicted molar refractivity (Wildman–Crippen MR) is 90.4 cm³/mol. The van der Waals surface area contributed by atoms with E-state index in [0.717, 1.165) is 18.5 Å². The van der Waals surface area contributed by atoms with E-state index in [4.69, 9.17) is 0 Å². The molecule has 2 aromatic rings. The zero-order chi connectivity index (χ0) is 17.8. The number of benzene rings is 1. The van der Waals surface area contributed by atoms with E-state index in [-0.39, 0.29) is 24.2 Å². The summed E-state index contributed by atoms with van der Waals surface area (Å²) < 4.78 is 0. The van der Waals surface area contributed by atoms with E-state index in [1.54, 1.807) is 30.3 Å². The highest BCUT2D eigenvalue weighted by molar-refractivity contribution is 5.98. The molecule has 3 rings (SSSR count). The molecule has 0 atom stereocenters. The normalized spacial score (nSPS) is 13.2. The molecule has 8 heteroatoms. The Kier molecular flexibility index (Phi) is 4.78. The molecule has 1 aliphatic rings. The second kappa shape index (κ2) is 7.16. The molecule has 0 unspecified atom stereocenters. The van der Waals surface area contributed by atoms with Crippen LogP contribution in [0.5, 0.6) is 0 Å². The Bertz CT molecular complexity index is 810. The molecule has 130 valence electrons. The topological polar surface area (TPSA) is 116 Å². The SMILES string of the molecule is Cc1cc(CC(=O)NNC(=O)c2cccc(NC(=O)C3CC3)c2)n[nH]1. The van der Waals surface area contributed by atoms with E-state index in [0.29, 0.717) is 16.9 Å². The first-order valence-electron chi connectivity index (χ1n) is 8.02. The number of nitrogens with zero attached hydrogens (tertiary/aromatic N) is 1. The minimum atomic E-state index is -0.464. The summed E-state index contributed by atoms with van der Waals surface area (Å²) in [5, 5.41) is 9.49. The van der Waals surface area contributed by atoms with Gasteiger partial charge in [0, 0.05) is 22.9 Å². The molecule has 1 aromatic carbocycles. The molecule has 0 saturated heterocycles. The smallest absolute Gasteiger partial charge is 0.269 e. The third-order valence-electron chi connectivity index (χ3n) is 3.76. The molecule has 0 aliphatic heterocycles. The molecule has 0 radical (unpaired) electrons. The summed E-state index contributed by atoms with van der Waals surface area (Å²) in [4.78, 5) is 35.7. The maximum Gasteiger partial charge on any atom is 0.269 e. The van der Waals surface area contributed by atoms with Crippen LogP contribution in [0.4, 0.5) is 5.69 Å². The monoisotopic (exact) mass is 341 g/mol. The Morgan fingerprint density at radius 3 is 2.68 bits per heavy atom. The summed E-state index contributed by atoms with van der Waals surface area (Å²) in [6.45, 7) is 1.84. The van der Waals surface area contributed by atoms with Gasteiger partial charge in [0.1, 0.15) is 0 Å². The van der Waals surface area contributed by atoms with Gasteiger partial charge in [-0.25, -0.2) is 0 Å². The van der Waals surface area contributed by atoms with Crippen LogP contribution in [-0.4, -0.2) is 27.9 Å². The first-order chi connectivity index (χ1) is 12.0. The fraction of sp³-hybridized carbons (Fsp3) is 0.294. The molecule has 0 spiro atoms. The summed E-state index contributed by atoms with van der Waals surface area (Å²) >= 11 is 0. The number of aromatic amines is 1. The van der Waals surface area contributed by atoms with Crippen LogP contribution < -0.4 is 16.2 Å². The number of H-pyrrole nitrogens is 1. The van der Waals surface area contributed by atoms with Crippen molar-refractivity contribution in [1.82, 2.24) is 21.0 Å². The molecular weight excluding hydrogens is 322 g/mol. The van der Waals surface area contributed by atoms with Crippen molar-refractivity contribution in [2.45, 2.75) is 26.2 Å². The number of hydrogen-bond donors (Lipinski definition) is 4. The molecule has 3 amide bonds. The maximum absolute atomic E-state index is 12.1. The predicted octanol–water partition coefficient (Wildman–Crippen LogP) is 1.07. The lowest BCUT2D eigenvalue weighted by Gasteiger charge is -2.09. The van der Waals surface area contributed by atoms with Gasteiger partial charge in [0.15, 0.2) is 0 Å². The Morgan fingerprint density at radius 1 is 1.20 bits per heavy atom. The van der Waals surface area contributed by atoms with Gasteiger partial charge in [0.2, 0.25) is 11.8 Å². The van der Waals surface area contributed by atoms with Gasteiger partial charge < -0.3 is 5.32 Å². The van der Waals surface area contributed by atoms with E-state index >= 15 is 0 Å². The summed E-state index contributed by atoms with van der Waals surface area (Å²) in [5.74, 6) is -0.783. The van der Waals surface area contributed by atoms with Crippen molar-refractivity contribution >= 4 is 23.4 Å². The van der Waals surface area contributed by atoms with E-state index in [1.807, 2.05) is 6.92 Å². The molecule has 1 aromatic heterocycles. The lowest BCUT2D eigenvalue weighted by molar-refractivity contribution is -0.121. The van der Waals surface area contributed by atoms with Crippen molar-refractivity contribution < 1.29 is 14.4 Å². The Balaban J connectivity index is 1.52. The van der Waals surface area contributed by atoms with E-state index in [1.165, 1.54) is 0 Å². The number of aromatic nitrogens is 2. The summed E-state index contributed by atoms with van der Waals surface area (Å²) in [7, 11) is 0. The molecular formula is C17H19N5O3. The fourth-order valence-electron chi connectivity index (χ4n) is 2.30. The van der Waals surface area contributed by atoms with Crippen molar-refractivity contribution in [1.29, 1.82) is 0 Å². The number of rotatable bonds is 5. The molecule has 8 nitrogen and oxygen atoms in total. The highest BCUT2D eigenvalue weighted by Gasteiger charge is 2.29. The summed E-state index contributed by atoms with van der Waals surface area (Å²) in [6.07, 6.45) is 1.88. The van der Waals surface area contributed by atoms with Crippen LogP contribution in [-0.2, 0) is 16.0 Å². The first kappa shape index (κ1) is 16.7. The molecule has 1 saturated carbocycles. The van der Waals surface area contributed by atoms with Crippen LogP contribution in [0, 0.1) is 12.8 Å². The van der Waals surface area contributed by atoms with Crippen molar-refractivity contribution in [3.05, 3.63) is 47.3 Å². The minimum Gasteiger partial charge on any atom is -0.326 e. The number of carbonyl (C=O) groups excluding carboxylic acids is 3. The molecule has 25 heavy (non-hydrogen) atoms. The van der Waals surface area contributed by atoms with Gasteiger partial charge in [-0.1, -0.05) is 6.07 Å². The van der Waals surface area contributed by atoms with E-state index in [2.05, 4.69) is 26.4 Å². The van der Waals surface area contributed by atoms with E-state index < -0.39 is 5.91 Å². The molecule has 0 bridgehead atoms. The standard InChI is InChI=1S/C17H19N5O3/c1-10-7-14(20-19-10)9-15(23)21-22-17(25)12-3-2-4-13(8-12)18-16(24)11-5-6-11/h2-4,7-8,11H,5-6,9H2,1H3,(H,18,24)(H,19,20)(H,21,23)(H,22,25). The highest BCUT2D eigenvalue weighted by atomic mass is 16.2. The molecule has 4 N–H and O–H groups in total. The molecule has 1 heterocycles. The van der Waals surface area contributed by atoms with Gasteiger partial charge in [-0.15, -0.1) is 0 Å². The summed E-state index contributed by atoms with van der Waals surface area (Å²) in [6, 6.07) is 8.32. The number of aryl methyl sites for hydroxylation is 1. The Hall–Kier alpha value is -3.16. The van der Waals surface area contributed by atoms with Crippen LogP contribution >= 0.6 is 0 Å². The molecule has 1 fully saturated rings. The Labute approximate surface area is 144 Å². The van der Waals surface area contributed by atoms with Crippen molar-refractivity contribution in [3.8, 4) is 0 Å². The van der Waals surface area contributed by atoms with Crippen LogP contribution in [0.3, 0.4) is 0 Å². The van der Waals surface area contributed by atoms with Gasteiger partial charge >= 0.3 is 0 Å². The van der Waals surface area contributed by atoms with Crippen LogP contribution in [0.25, 0.3) is 0 Å². The third kappa shape index (κ3) is 4.66. The number of nitrogens with one attached hydrogen (secondary N) is 4. The minimum absolute atomic E-state index is 0.0276. The second-order valence-corrected chi connectivity index (χ2v) is 6.07. The third-order valence-corrected chi connectivity index (χ3v) is 3.76. The van der Waals surface area contributed by atoms with Crippen molar-refractivity contribution in [3.63, 3.8) is 0 Å². The maximum atomic E-state index is 12.1. The molecule has 1 aliphatic carbocycles. The fourth-order valence-corrected chi connectivity index (χ4v) is 2.30. The van der Waals surface area contributed by atoms with Crippen LogP contribution in [0.15, 0.2) is 30.3 Å². The quantitative estimate of drug-likeness (QED) is 0.609. The van der Waals surface area contributed by atoms with Gasteiger partial charge in [0.05, 0.1) is 12.1 Å². The number of hydrogen-bond acceptors (Lipinski definition) is 4. The van der Waals surface area contributed by atoms with Gasteiger partial charge in [-0.3, -0.25) is 30.3 Å². The van der Waals surface area contributed by atoms with Gasteiger partial charge in [0.25, 0.3) is 5.91 Å². The van der Waals surface area contributed by atoms with Gasteiger partial charge in [-0.05, 0) is 44.0 Å². The number of anilines is 1. The summed E-state index contributed by atoms with van der Waals surface area (Å²) in [5.41, 5.74) is 7.05. The average Bonchev–Trinajstić information content (AvgIpc) is 3.36. The highest BCUT2D eigenvalue weighted by Crippen LogP contribution is 2.30. The first-order valence-corrected chi connectivity index (χ1v) is 8.02. The number of carbonyl (C=O) groups is 3.